The maximum Gasteiger partial charge on any atom is 0.328 e. The third kappa shape index (κ3) is 3.12. The molecule has 3 aliphatic heterocycles. The molecule has 0 bridgehead atoms. The van der Waals surface area contributed by atoms with Gasteiger partial charge < -0.3 is 30.4 Å². The van der Waals surface area contributed by atoms with Crippen LogP contribution in [0, 0.1) is 0 Å². The van der Waals surface area contributed by atoms with Crippen LogP contribution in [0.5, 0.6) is 11.5 Å². The van der Waals surface area contributed by atoms with Gasteiger partial charge in [0, 0.05) is 6.42 Å². The normalized spacial score (nSPS) is 29.7. The van der Waals surface area contributed by atoms with Crippen molar-refractivity contribution in [2.24, 2.45) is 5.16 Å². The summed E-state index contributed by atoms with van der Waals surface area (Å²) in [6.45, 7) is 1.80. The lowest BCUT2D eigenvalue weighted by atomic mass is 9.89. The first-order valence-electron chi connectivity index (χ1n) is 9.07. The Morgan fingerprint density at radius 1 is 1.40 bits per heavy atom. The van der Waals surface area contributed by atoms with Gasteiger partial charge in [0.2, 0.25) is 5.91 Å². The molecule has 1 aromatic rings. The number of carbonyl (C=O) groups excluding carboxylic acids is 2. The van der Waals surface area contributed by atoms with Crippen molar-refractivity contribution in [3.05, 3.63) is 22.7 Å². The highest BCUT2D eigenvalue weighted by molar-refractivity contribution is 8.02. The topological polar surface area (TPSA) is 149 Å². The smallest absolute Gasteiger partial charge is 0.328 e. The Kier molecular flexibility index (Phi) is 4.97. The number of phenolic OH excluding ortho intramolecular Hbond substituents is 2. The lowest BCUT2D eigenvalue weighted by Crippen LogP contribution is -2.58. The molecule has 0 aliphatic carbocycles. The SMILES string of the molecule is C[C@@]1(C2=NOC(CNC(=O)c3ccc(O)c(O)c3Cl)C2)S[C@@H]2CC(=O)N2[C@H]1C(=O)O. The molecule has 10 nitrogen and oxygen atoms in total. The number of hydrogen-bond donors (Lipinski definition) is 4. The van der Waals surface area contributed by atoms with Gasteiger partial charge in [-0.15, -0.1) is 11.8 Å². The monoisotopic (exact) mass is 455 g/mol. The number of fused-ring (bicyclic) bond motifs is 1. The summed E-state index contributed by atoms with van der Waals surface area (Å²) in [5, 5.41) is 35.0. The van der Waals surface area contributed by atoms with E-state index in [1.54, 1.807) is 6.92 Å². The molecule has 4 N–H and O–H groups in total. The Balaban J connectivity index is 1.40. The largest absolute Gasteiger partial charge is 0.504 e. The highest BCUT2D eigenvalue weighted by Crippen LogP contribution is 2.52. The van der Waals surface area contributed by atoms with Crippen LogP contribution in [0.2, 0.25) is 5.02 Å². The van der Waals surface area contributed by atoms with Gasteiger partial charge in [-0.25, -0.2) is 4.79 Å². The summed E-state index contributed by atoms with van der Waals surface area (Å²) in [6.07, 6.45) is 0.0682. The molecule has 2 fully saturated rings. The molecule has 0 aromatic heterocycles. The number of nitrogens with one attached hydrogen (secondary N) is 1. The average Bonchev–Trinajstić information content (AvgIpc) is 3.26. The van der Waals surface area contributed by atoms with Crippen LogP contribution in [0.4, 0.5) is 0 Å². The molecule has 30 heavy (non-hydrogen) atoms. The molecular weight excluding hydrogens is 438 g/mol. The fourth-order valence-electron chi connectivity index (χ4n) is 3.87. The number of phenols is 2. The molecular formula is C18H18ClN3O7S. The molecule has 12 heteroatoms. The van der Waals surface area contributed by atoms with E-state index in [9.17, 15) is 29.7 Å². The standard InChI is InChI=1S/C18H18ClN3O7S/c1-18(15(17(27)28)22-11(24)5-12(22)30-18)10-4-7(29-21-10)6-20-16(26)8-2-3-9(23)14(25)13(8)19/h2-3,7,12,15,23,25H,4-6H2,1H3,(H,20,26)(H,27,28)/t7?,12-,15+,18+/m1/s1. The van der Waals surface area contributed by atoms with Crippen molar-refractivity contribution in [3.8, 4) is 11.5 Å². The van der Waals surface area contributed by atoms with Crippen molar-refractivity contribution in [3.63, 3.8) is 0 Å². The van der Waals surface area contributed by atoms with Crippen LogP contribution in [0.15, 0.2) is 17.3 Å². The van der Waals surface area contributed by atoms with Gasteiger partial charge in [0.1, 0.15) is 6.10 Å². The Morgan fingerprint density at radius 3 is 2.80 bits per heavy atom. The first-order valence-corrected chi connectivity index (χ1v) is 10.3. The van der Waals surface area contributed by atoms with Crippen molar-refractivity contribution in [1.29, 1.82) is 0 Å². The Morgan fingerprint density at radius 2 is 2.13 bits per heavy atom. The average molecular weight is 456 g/mol. The molecule has 1 unspecified atom stereocenters. The van der Waals surface area contributed by atoms with Crippen molar-refractivity contribution >= 4 is 46.9 Å². The lowest BCUT2D eigenvalue weighted by Gasteiger charge is -2.36. The minimum absolute atomic E-state index is 0.0155. The van der Waals surface area contributed by atoms with Crippen LogP contribution in [0.25, 0.3) is 0 Å². The number of aromatic hydroxyl groups is 2. The molecule has 3 heterocycles. The molecule has 3 aliphatic rings. The number of amides is 2. The number of nitrogens with zero attached hydrogens (tertiary/aromatic N) is 2. The van der Waals surface area contributed by atoms with Gasteiger partial charge in [-0.3, -0.25) is 9.59 Å². The molecule has 0 spiro atoms. The van der Waals surface area contributed by atoms with Crippen molar-refractivity contribution in [2.45, 2.75) is 42.0 Å². The molecule has 4 rings (SSSR count). The van der Waals surface area contributed by atoms with Gasteiger partial charge in [0.15, 0.2) is 17.5 Å². The Labute approximate surface area is 179 Å². The summed E-state index contributed by atoms with van der Waals surface area (Å²) in [5.74, 6) is -2.89. The number of halogens is 1. The summed E-state index contributed by atoms with van der Waals surface area (Å²) >= 11 is 7.28. The van der Waals surface area contributed by atoms with Crippen molar-refractivity contribution < 1.29 is 34.5 Å². The summed E-state index contributed by atoms with van der Waals surface area (Å²) in [4.78, 5) is 42.8. The number of β-lactam (4-membered cyclic amide) rings is 1. The zero-order valence-corrected chi connectivity index (χ0v) is 17.2. The van der Waals surface area contributed by atoms with E-state index < -0.39 is 40.3 Å². The van der Waals surface area contributed by atoms with Crippen LogP contribution >= 0.6 is 23.4 Å². The Bertz CT molecular complexity index is 987. The van der Waals surface area contributed by atoms with Gasteiger partial charge in [-0.1, -0.05) is 16.8 Å². The first-order chi connectivity index (χ1) is 14.1. The zero-order valence-electron chi connectivity index (χ0n) is 15.7. The van der Waals surface area contributed by atoms with Gasteiger partial charge in [-0.2, -0.15) is 0 Å². The number of carbonyl (C=O) groups is 3. The van der Waals surface area contributed by atoms with Crippen molar-refractivity contribution in [1.82, 2.24) is 10.2 Å². The number of oxime groups is 1. The molecule has 0 radical (unpaired) electrons. The summed E-state index contributed by atoms with van der Waals surface area (Å²) in [5.41, 5.74) is 0.500. The molecule has 2 amide bonds. The first kappa shape index (κ1) is 20.6. The number of hydrogen-bond acceptors (Lipinski definition) is 8. The van der Waals surface area contributed by atoms with Crippen LogP contribution in [-0.2, 0) is 14.4 Å². The summed E-state index contributed by atoms with van der Waals surface area (Å²) < 4.78 is -0.923. The number of carboxylic acid groups (broad SMARTS) is 1. The highest BCUT2D eigenvalue weighted by atomic mass is 35.5. The van der Waals surface area contributed by atoms with Gasteiger partial charge in [0.05, 0.1) is 39.4 Å². The predicted molar refractivity (Wildman–Crippen MR) is 107 cm³/mol. The molecule has 1 aromatic carbocycles. The number of thioether (sulfide) groups is 1. The third-order valence-electron chi connectivity index (χ3n) is 5.50. The van der Waals surface area contributed by atoms with E-state index >= 15 is 0 Å². The molecule has 2 saturated heterocycles. The minimum atomic E-state index is -1.10. The second-order valence-electron chi connectivity index (χ2n) is 7.40. The third-order valence-corrected chi connectivity index (χ3v) is 7.49. The maximum atomic E-state index is 12.4. The van der Waals surface area contributed by atoms with E-state index in [4.69, 9.17) is 16.4 Å². The lowest BCUT2D eigenvalue weighted by molar-refractivity contribution is -0.156. The van der Waals surface area contributed by atoms with Crippen LogP contribution in [-0.4, -0.2) is 72.5 Å². The Hall–Kier alpha value is -2.66. The fourth-order valence-corrected chi connectivity index (χ4v) is 5.85. The number of aliphatic carboxylic acids is 1. The summed E-state index contributed by atoms with van der Waals surface area (Å²) in [7, 11) is 0. The van der Waals surface area contributed by atoms with Crippen LogP contribution in [0.1, 0.15) is 30.1 Å². The van der Waals surface area contributed by atoms with Crippen LogP contribution < -0.4 is 5.32 Å². The predicted octanol–water partition coefficient (Wildman–Crippen LogP) is 1.14. The van der Waals surface area contributed by atoms with E-state index in [1.807, 2.05) is 0 Å². The quantitative estimate of drug-likeness (QED) is 0.381. The van der Waals surface area contributed by atoms with E-state index in [0.29, 0.717) is 12.1 Å². The van der Waals surface area contributed by atoms with E-state index in [2.05, 4.69) is 10.5 Å². The zero-order chi connectivity index (χ0) is 21.8. The minimum Gasteiger partial charge on any atom is -0.504 e. The molecule has 160 valence electrons. The van der Waals surface area contributed by atoms with Crippen molar-refractivity contribution in [2.75, 3.05) is 6.54 Å². The van der Waals surface area contributed by atoms with E-state index in [1.165, 1.54) is 22.7 Å². The fraction of sp³-hybridized carbons (Fsp3) is 0.444. The van der Waals surface area contributed by atoms with Gasteiger partial charge in [0.25, 0.3) is 5.91 Å². The molecule has 4 atom stereocenters. The van der Waals surface area contributed by atoms with E-state index in [-0.39, 0.29) is 34.8 Å². The van der Waals surface area contributed by atoms with Gasteiger partial charge in [-0.05, 0) is 19.1 Å². The van der Waals surface area contributed by atoms with E-state index in [0.717, 1.165) is 6.07 Å². The number of rotatable bonds is 5. The second kappa shape index (κ2) is 7.24. The highest BCUT2D eigenvalue weighted by Gasteiger charge is 2.63. The summed E-state index contributed by atoms with van der Waals surface area (Å²) in [6, 6.07) is 1.40. The number of benzene rings is 1. The number of carboxylic acids is 1. The molecule has 0 saturated carbocycles. The van der Waals surface area contributed by atoms with Crippen LogP contribution in [0.3, 0.4) is 0 Å². The second-order valence-corrected chi connectivity index (χ2v) is 9.41. The maximum absolute atomic E-state index is 12.4. The van der Waals surface area contributed by atoms with Gasteiger partial charge >= 0.3 is 5.97 Å².